The van der Waals surface area contributed by atoms with E-state index >= 15 is 0 Å². The SMILES string of the molecule is C=C1c2ccc(CCCCCCCNCC3(C)CCCCC3)cc2CN1C(C=O)CCC=O. The van der Waals surface area contributed by atoms with E-state index in [0.717, 1.165) is 43.3 Å². The number of hydrogen-bond donors (Lipinski definition) is 1. The smallest absolute Gasteiger partial charge is 0.142 e. The fourth-order valence-corrected chi connectivity index (χ4v) is 5.58. The Balaban J connectivity index is 1.31. The Kier molecular flexibility index (Phi) is 10.2. The van der Waals surface area contributed by atoms with Gasteiger partial charge in [-0.1, -0.05) is 70.2 Å². The fourth-order valence-electron chi connectivity index (χ4n) is 5.58. The van der Waals surface area contributed by atoms with E-state index in [9.17, 15) is 9.59 Å². The van der Waals surface area contributed by atoms with Crippen molar-refractivity contribution in [3.63, 3.8) is 0 Å². The van der Waals surface area contributed by atoms with E-state index in [1.165, 1.54) is 81.9 Å². The average Bonchev–Trinajstić information content (AvgIpc) is 3.14. The summed E-state index contributed by atoms with van der Waals surface area (Å²) >= 11 is 0. The highest BCUT2D eigenvalue weighted by atomic mass is 16.1. The van der Waals surface area contributed by atoms with Gasteiger partial charge in [-0.05, 0) is 61.6 Å². The summed E-state index contributed by atoms with van der Waals surface area (Å²) in [5.41, 5.74) is 5.23. The summed E-state index contributed by atoms with van der Waals surface area (Å²) in [5.74, 6) is 0. The number of rotatable bonds is 15. The second-order valence-corrected chi connectivity index (χ2v) is 10.6. The lowest BCUT2D eigenvalue weighted by atomic mass is 9.76. The van der Waals surface area contributed by atoms with Crippen LogP contribution in [-0.2, 0) is 22.6 Å². The Morgan fingerprint density at radius 3 is 2.61 bits per heavy atom. The van der Waals surface area contributed by atoms with Crippen LogP contribution in [0.4, 0.5) is 0 Å². The minimum atomic E-state index is -0.265. The molecule has 1 heterocycles. The zero-order valence-corrected chi connectivity index (χ0v) is 20.7. The van der Waals surface area contributed by atoms with Crippen molar-refractivity contribution in [3.05, 3.63) is 41.5 Å². The molecule has 0 spiro atoms. The van der Waals surface area contributed by atoms with Gasteiger partial charge in [0.05, 0.1) is 6.04 Å². The van der Waals surface area contributed by atoms with Crippen molar-refractivity contribution in [1.82, 2.24) is 10.2 Å². The Labute approximate surface area is 201 Å². The van der Waals surface area contributed by atoms with E-state index in [4.69, 9.17) is 0 Å². The first-order valence-electron chi connectivity index (χ1n) is 13.2. The molecule has 3 rings (SSSR count). The number of aldehydes is 2. The average molecular weight is 453 g/mol. The standard InChI is InChI=1S/C29H44N2O2/c1-24-28-15-14-25(20-26(28)21-31(24)27(22-33)13-11-19-32)12-7-4-3-5-10-18-30-23-29(2)16-8-6-9-17-29/h14-15,19-20,22,27,30H,1,3-13,16-18,21,23H2,2H3. The Morgan fingerprint density at radius 2 is 1.85 bits per heavy atom. The van der Waals surface area contributed by atoms with Crippen molar-refractivity contribution in [2.75, 3.05) is 13.1 Å². The van der Waals surface area contributed by atoms with Crippen molar-refractivity contribution in [2.45, 2.75) is 103 Å². The van der Waals surface area contributed by atoms with Gasteiger partial charge in [-0.15, -0.1) is 0 Å². The number of unbranched alkanes of at least 4 members (excludes halogenated alkanes) is 4. The largest absolute Gasteiger partial charge is 0.357 e. The lowest BCUT2D eigenvalue weighted by Gasteiger charge is -2.33. The molecule has 4 nitrogen and oxygen atoms in total. The molecule has 1 aromatic rings. The van der Waals surface area contributed by atoms with Crippen molar-refractivity contribution in [2.24, 2.45) is 5.41 Å². The summed E-state index contributed by atoms with van der Waals surface area (Å²) in [4.78, 5) is 24.3. The van der Waals surface area contributed by atoms with Gasteiger partial charge >= 0.3 is 0 Å². The molecule has 1 aliphatic heterocycles. The minimum Gasteiger partial charge on any atom is -0.357 e. The lowest BCUT2D eigenvalue weighted by molar-refractivity contribution is -0.112. The molecule has 0 radical (unpaired) electrons. The maximum atomic E-state index is 11.5. The molecule has 0 bridgehead atoms. The van der Waals surface area contributed by atoms with Gasteiger partial charge in [0.15, 0.2) is 0 Å². The number of carbonyl (C=O) groups is 2. The van der Waals surface area contributed by atoms with Crippen molar-refractivity contribution >= 4 is 18.3 Å². The van der Waals surface area contributed by atoms with Crippen LogP contribution in [0.2, 0.25) is 0 Å². The topological polar surface area (TPSA) is 49.4 Å². The van der Waals surface area contributed by atoms with Crippen LogP contribution in [0.3, 0.4) is 0 Å². The first-order valence-corrected chi connectivity index (χ1v) is 13.2. The van der Waals surface area contributed by atoms with Crippen LogP contribution in [0.15, 0.2) is 24.8 Å². The number of benzene rings is 1. The molecule has 0 aromatic heterocycles. The zero-order valence-electron chi connectivity index (χ0n) is 20.7. The van der Waals surface area contributed by atoms with Gasteiger partial charge < -0.3 is 19.8 Å². The van der Waals surface area contributed by atoms with Crippen LogP contribution < -0.4 is 5.32 Å². The third-order valence-electron chi connectivity index (χ3n) is 7.74. The van der Waals surface area contributed by atoms with Crippen LogP contribution in [0.1, 0.15) is 101 Å². The normalized spacial score (nSPS) is 18.2. The van der Waals surface area contributed by atoms with Gasteiger partial charge in [0.2, 0.25) is 0 Å². The van der Waals surface area contributed by atoms with Gasteiger partial charge in [-0.25, -0.2) is 0 Å². The number of carbonyl (C=O) groups excluding carboxylic acids is 2. The predicted octanol–water partition coefficient (Wildman–Crippen LogP) is 6.07. The van der Waals surface area contributed by atoms with Crippen LogP contribution >= 0.6 is 0 Å². The quantitative estimate of drug-likeness (QED) is 0.259. The molecule has 182 valence electrons. The van der Waals surface area contributed by atoms with Gasteiger partial charge in [0.25, 0.3) is 0 Å². The molecule has 1 fully saturated rings. The van der Waals surface area contributed by atoms with Crippen LogP contribution in [0.25, 0.3) is 5.70 Å². The number of nitrogens with zero attached hydrogens (tertiary/aromatic N) is 1. The highest BCUT2D eigenvalue weighted by Gasteiger charge is 2.28. The molecule has 4 heteroatoms. The summed E-state index contributed by atoms with van der Waals surface area (Å²) in [6, 6.07) is 6.40. The third kappa shape index (κ3) is 7.53. The number of hydrogen-bond acceptors (Lipinski definition) is 4. The first-order chi connectivity index (χ1) is 16.1. The monoisotopic (exact) mass is 452 g/mol. The highest BCUT2D eigenvalue weighted by Crippen LogP contribution is 2.35. The van der Waals surface area contributed by atoms with Crippen LogP contribution in [0.5, 0.6) is 0 Å². The fraction of sp³-hybridized carbons (Fsp3) is 0.655. The third-order valence-corrected chi connectivity index (χ3v) is 7.74. The number of aryl methyl sites for hydroxylation is 1. The maximum absolute atomic E-state index is 11.5. The number of fused-ring (bicyclic) bond motifs is 1. The number of nitrogens with one attached hydrogen (secondary N) is 1. The van der Waals surface area contributed by atoms with Gasteiger partial charge in [0, 0.05) is 30.8 Å². The molecule has 2 aliphatic rings. The Bertz CT molecular complexity index is 782. The van der Waals surface area contributed by atoms with Gasteiger partial charge in [-0.2, -0.15) is 0 Å². The molecule has 1 atom stereocenters. The Hall–Kier alpha value is -1.94. The molecule has 0 saturated heterocycles. The van der Waals surface area contributed by atoms with Crippen molar-refractivity contribution in [1.29, 1.82) is 0 Å². The van der Waals surface area contributed by atoms with Crippen LogP contribution in [-0.4, -0.2) is 36.6 Å². The molecular formula is C29H44N2O2. The summed E-state index contributed by atoms with van der Waals surface area (Å²) in [7, 11) is 0. The molecule has 0 amide bonds. The molecule has 1 unspecified atom stereocenters. The van der Waals surface area contributed by atoms with Crippen molar-refractivity contribution < 1.29 is 9.59 Å². The predicted molar refractivity (Wildman–Crippen MR) is 137 cm³/mol. The van der Waals surface area contributed by atoms with E-state index in [2.05, 4.69) is 37.0 Å². The van der Waals surface area contributed by atoms with E-state index in [1.807, 2.05) is 4.90 Å². The van der Waals surface area contributed by atoms with Crippen molar-refractivity contribution in [3.8, 4) is 0 Å². The van der Waals surface area contributed by atoms with E-state index in [1.54, 1.807) is 0 Å². The van der Waals surface area contributed by atoms with E-state index in [0.29, 0.717) is 18.3 Å². The summed E-state index contributed by atoms with van der Waals surface area (Å²) < 4.78 is 0. The molecule has 33 heavy (non-hydrogen) atoms. The van der Waals surface area contributed by atoms with Gasteiger partial charge in [-0.3, -0.25) is 0 Å². The molecule has 1 N–H and O–H groups in total. The highest BCUT2D eigenvalue weighted by molar-refractivity contribution is 5.73. The van der Waals surface area contributed by atoms with E-state index < -0.39 is 0 Å². The minimum absolute atomic E-state index is 0.265. The van der Waals surface area contributed by atoms with Crippen LogP contribution in [0, 0.1) is 5.41 Å². The Morgan fingerprint density at radius 1 is 1.09 bits per heavy atom. The summed E-state index contributed by atoms with van der Waals surface area (Å²) in [5, 5.41) is 3.72. The molecule has 1 aliphatic carbocycles. The van der Waals surface area contributed by atoms with Gasteiger partial charge in [0.1, 0.15) is 12.6 Å². The second kappa shape index (κ2) is 13.1. The van der Waals surface area contributed by atoms with E-state index in [-0.39, 0.29) is 6.04 Å². The molecule has 1 aromatic carbocycles. The summed E-state index contributed by atoms with van der Waals surface area (Å²) in [6.07, 6.45) is 17.4. The molecule has 1 saturated carbocycles. The second-order valence-electron chi connectivity index (χ2n) is 10.6. The maximum Gasteiger partial charge on any atom is 0.142 e. The zero-order chi connectivity index (χ0) is 23.5. The lowest BCUT2D eigenvalue weighted by Crippen LogP contribution is -2.34. The summed E-state index contributed by atoms with van der Waals surface area (Å²) in [6.45, 7) is 9.74. The molecular weight excluding hydrogens is 408 g/mol. The first kappa shape index (κ1) is 25.7.